The van der Waals surface area contributed by atoms with Crippen LogP contribution in [0, 0.1) is 0 Å². The van der Waals surface area contributed by atoms with Gasteiger partial charge in [0.05, 0.1) is 0 Å². The topological polar surface area (TPSA) is 35.5 Å². The van der Waals surface area contributed by atoms with Crippen molar-refractivity contribution in [3.63, 3.8) is 0 Å². The van der Waals surface area contributed by atoms with Gasteiger partial charge in [-0.25, -0.2) is 0 Å². The molecule has 88 valence electrons. The Kier molecular flexibility index (Phi) is 3.65. The number of likely N-dealkylation sites (tertiary alicyclic amines) is 1. The van der Waals surface area contributed by atoms with Crippen molar-refractivity contribution in [3.05, 3.63) is 0 Å². The Morgan fingerprint density at radius 2 is 2.20 bits per heavy atom. The number of hydrogen-bond donors (Lipinski definition) is 2. The molecule has 0 aromatic rings. The van der Waals surface area contributed by atoms with Gasteiger partial charge in [0, 0.05) is 19.1 Å². The normalized spacial score (nSPS) is 31.2. The lowest BCUT2D eigenvalue weighted by molar-refractivity contribution is -0.124. The highest BCUT2D eigenvalue weighted by Crippen LogP contribution is 2.28. The molecule has 2 aliphatic heterocycles. The summed E-state index contributed by atoms with van der Waals surface area (Å²) in [4.78, 5) is 2.37. The predicted octanol–water partition coefficient (Wildman–Crippen LogP) is 0.975. The van der Waals surface area contributed by atoms with E-state index in [1.165, 1.54) is 25.7 Å². The van der Waals surface area contributed by atoms with E-state index in [-0.39, 0.29) is 0 Å². The first kappa shape index (κ1) is 11.4. The van der Waals surface area contributed by atoms with Crippen molar-refractivity contribution in [2.24, 2.45) is 0 Å². The van der Waals surface area contributed by atoms with Crippen LogP contribution in [0.3, 0.4) is 0 Å². The van der Waals surface area contributed by atoms with E-state index in [1.807, 2.05) is 0 Å². The standard InChI is InChI=1S/C12H24N2O/c1-2-3-8-14-9-12(15,10-14)11-6-4-5-7-13-11/h11,13,15H,2-10H2,1H3. The quantitative estimate of drug-likeness (QED) is 0.729. The molecule has 1 unspecified atom stereocenters. The number of aliphatic hydroxyl groups is 1. The van der Waals surface area contributed by atoms with E-state index in [0.29, 0.717) is 6.04 Å². The largest absolute Gasteiger partial charge is 0.386 e. The molecule has 0 aromatic heterocycles. The van der Waals surface area contributed by atoms with Crippen LogP contribution in [0.4, 0.5) is 0 Å². The van der Waals surface area contributed by atoms with E-state index in [0.717, 1.165) is 32.6 Å². The molecule has 0 aliphatic carbocycles. The van der Waals surface area contributed by atoms with E-state index in [9.17, 15) is 5.11 Å². The predicted molar refractivity (Wildman–Crippen MR) is 61.9 cm³/mol. The van der Waals surface area contributed by atoms with Gasteiger partial charge in [-0.05, 0) is 32.4 Å². The fourth-order valence-corrected chi connectivity index (χ4v) is 2.80. The molecule has 0 radical (unpaired) electrons. The molecule has 3 heteroatoms. The highest BCUT2D eigenvalue weighted by Gasteiger charge is 2.46. The van der Waals surface area contributed by atoms with Crippen LogP contribution in [0.2, 0.25) is 0 Å². The van der Waals surface area contributed by atoms with Gasteiger partial charge in [0.25, 0.3) is 0 Å². The second kappa shape index (κ2) is 4.81. The van der Waals surface area contributed by atoms with Crippen LogP contribution in [-0.2, 0) is 0 Å². The summed E-state index contributed by atoms with van der Waals surface area (Å²) in [6.45, 7) is 6.22. The Labute approximate surface area is 92.8 Å². The maximum atomic E-state index is 10.4. The minimum Gasteiger partial charge on any atom is -0.386 e. The van der Waals surface area contributed by atoms with Crippen molar-refractivity contribution in [1.29, 1.82) is 0 Å². The molecule has 0 saturated carbocycles. The maximum Gasteiger partial charge on any atom is 0.105 e. The minimum absolute atomic E-state index is 0.351. The highest BCUT2D eigenvalue weighted by atomic mass is 16.3. The summed E-state index contributed by atoms with van der Waals surface area (Å²) in [6, 6.07) is 0.351. The number of nitrogens with zero attached hydrogens (tertiary/aromatic N) is 1. The summed E-state index contributed by atoms with van der Waals surface area (Å²) < 4.78 is 0. The number of unbranched alkanes of at least 4 members (excludes halogenated alkanes) is 1. The van der Waals surface area contributed by atoms with Crippen molar-refractivity contribution in [2.75, 3.05) is 26.2 Å². The Balaban J connectivity index is 1.74. The van der Waals surface area contributed by atoms with Crippen LogP contribution < -0.4 is 5.32 Å². The Bertz CT molecular complexity index is 196. The third-order valence-corrected chi connectivity index (χ3v) is 3.78. The van der Waals surface area contributed by atoms with Gasteiger partial charge in [-0.15, -0.1) is 0 Å². The van der Waals surface area contributed by atoms with Gasteiger partial charge in [0.15, 0.2) is 0 Å². The van der Waals surface area contributed by atoms with Crippen molar-refractivity contribution < 1.29 is 5.11 Å². The fourth-order valence-electron chi connectivity index (χ4n) is 2.80. The van der Waals surface area contributed by atoms with Crippen LogP contribution in [0.5, 0.6) is 0 Å². The number of nitrogens with one attached hydrogen (secondary N) is 1. The monoisotopic (exact) mass is 212 g/mol. The number of piperidine rings is 1. The van der Waals surface area contributed by atoms with Crippen molar-refractivity contribution >= 4 is 0 Å². The highest BCUT2D eigenvalue weighted by molar-refractivity contribution is 5.04. The van der Waals surface area contributed by atoms with Crippen molar-refractivity contribution in [3.8, 4) is 0 Å². The summed E-state index contributed by atoms with van der Waals surface area (Å²) in [7, 11) is 0. The molecule has 0 amide bonds. The SMILES string of the molecule is CCCCN1CC(O)(C2CCCCN2)C1. The van der Waals surface area contributed by atoms with E-state index >= 15 is 0 Å². The Hall–Kier alpha value is -0.120. The van der Waals surface area contributed by atoms with Crippen LogP contribution in [0.1, 0.15) is 39.0 Å². The second-order valence-electron chi connectivity index (χ2n) is 5.17. The van der Waals surface area contributed by atoms with Crippen LogP contribution >= 0.6 is 0 Å². The van der Waals surface area contributed by atoms with Gasteiger partial charge >= 0.3 is 0 Å². The van der Waals surface area contributed by atoms with E-state index in [1.54, 1.807) is 0 Å². The van der Waals surface area contributed by atoms with Gasteiger partial charge in [0.1, 0.15) is 5.60 Å². The Morgan fingerprint density at radius 3 is 2.80 bits per heavy atom. The maximum absolute atomic E-state index is 10.4. The van der Waals surface area contributed by atoms with E-state index in [4.69, 9.17) is 0 Å². The molecule has 2 N–H and O–H groups in total. The van der Waals surface area contributed by atoms with E-state index in [2.05, 4.69) is 17.1 Å². The van der Waals surface area contributed by atoms with Gasteiger partial charge in [0.2, 0.25) is 0 Å². The minimum atomic E-state index is -0.422. The first-order valence-corrected chi connectivity index (χ1v) is 6.43. The lowest BCUT2D eigenvalue weighted by atomic mass is 9.81. The smallest absolute Gasteiger partial charge is 0.105 e. The molecule has 2 rings (SSSR count). The third-order valence-electron chi connectivity index (χ3n) is 3.78. The number of rotatable bonds is 4. The van der Waals surface area contributed by atoms with Crippen LogP contribution in [-0.4, -0.2) is 47.8 Å². The molecule has 0 spiro atoms. The molecular formula is C12H24N2O. The second-order valence-corrected chi connectivity index (χ2v) is 5.17. The van der Waals surface area contributed by atoms with Crippen molar-refractivity contribution in [1.82, 2.24) is 10.2 Å². The van der Waals surface area contributed by atoms with Crippen LogP contribution in [0.15, 0.2) is 0 Å². The molecule has 2 heterocycles. The summed E-state index contributed by atoms with van der Waals surface area (Å²) in [5, 5.41) is 13.9. The molecule has 0 bridgehead atoms. The van der Waals surface area contributed by atoms with Gasteiger partial charge in [-0.3, -0.25) is 4.90 Å². The molecular weight excluding hydrogens is 188 g/mol. The number of hydrogen-bond acceptors (Lipinski definition) is 3. The molecule has 0 aromatic carbocycles. The first-order chi connectivity index (χ1) is 7.24. The molecule has 2 aliphatic rings. The van der Waals surface area contributed by atoms with Crippen molar-refractivity contribution in [2.45, 2.75) is 50.7 Å². The summed E-state index contributed by atoms with van der Waals surface area (Å²) in [5.41, 5.74) is -0.422. The van der Waals surface area contributed by atoms with Gasteiger partial charge < -0.3 is 10.4 Å². The lowest BCUT2D eigenvalue weighted by Gasteiger charge is -2.52. The molecule has 2 fully saturated rings. The molecule has 3 nitrogen and oxygen atoms in total. The lowest BCUT2D eigenvalue weighted by Crippen LogP contribution is -2.71. The van der Waals surface area contributed by atoms with Crippen LogP contribution in [0.25, 0.3) is 0 Å². The fraction of sp³-hybridized carbons (Fsp3) is 1.00. The number of β-amino-alcohol motifs (C(OH)–C–C–N with tert-alkyl or cyclic N) is 1. The molecule has 1 atom stereocenters. The van der Waals surface area contributed by atoms with Gasteiger partial charge in [-0.2, -0.15) is 0 Å². The average molecular weight is 212 g/mol. The Morgan fingerprint density at radius 1 is 1.40 bits per heavy atom. The zero-order chi connectivity index (χ0) is 10.7. The summed E-state index contributed by atoms with van der Waals surface area (Å²) >= 11 is 0. The average Bonchev–Trinajstić information content (AvgIpc) is 2.24. The first-order valence-electron chi connectivity index (χ1n) is 6.43. The third kappa shape index (κ3) is 2.52. The zero-order valence-electron chi connectivity index (χ0n) is 9.84. The van der Waals surface area contributed by atoms with E-state index < -0.39 is 5.60 Å². The zero-order valence-corrected chi connectivity index (χ0v) is 9.84. The van der Waals surface area contributed by atoms with Gasteiger partial charge in [-0.1, -0.05) is 19.8 Å². The molecule has 2 saturated heterocycles. The summed E-state index contributed by atoms with van der Waals surface area (Å²) in [5.74, 6) is 0. The summed E-state index contributed by atoms with van der Waals surface area (Å²) in [6.07, 6.45) is 6.20. The molecule has 15 heavy (non-hydrogen) atoms.